The van der Waals surface area contributed by atoms with E-state index < -0.39 is 0 Å². The Kier molecular flexibility index (Phi) is 6.91. The van der Waals surface area contributed by atoms with Crippen LogP contribution in [0.15, 0.2) is 18.2 Å². The van der Waals surface area contributed by atoms with Crippen LogP contribution in [0.3, 0.4) is 0 Å². The molecule has 0 radical (unpaired) electrons. The second-order valence-corrected chi connectivity index (χ2v) is 7.10. The smallest absolute Gasteiger partial charge is 0.119 e. The van der Waals surface area contributed by atoms with Gasteiger partial charge in [-0.2, -0.15) is 11.8 Å². The second kappa shape index (κ2) is 8.70. The SMILES string of the molecule is CCCCCSC1CCc2ccc(OC)cc2C1NCC. The minimum absolute atomic E-state index is 0.473. The Hall–Kier alpha value is -0.670. The number of nitrogens with one attached hydrogen (secondary N) is 1. The molecule has 0 heterocycles. The summed E-state index contributed by atoms with van der Waals surface area (Å²) in [6.07, 6.45) is 6.50. The molecule has 2 rings (SSSR count). The highest BCUT2D eigenvalue weighted by atomic mass is 32.2. The van der Waals surface area contributed by atoms with Crippen molar-refractivity contribution in [3.8, 4) is 5.75 Å². The van der Waals surface area contributed by atoms with Gasteiger partial charge in [0.2, 0.25) is 0 Å². The van der Waals surface area contributed by atoms with Crippen molar-refractivity contribution in [2.24, 2.45) is 0 Å². The number of unbranched alkanes of at least 4 members (excludes halogenated alkanes) is 2. The highest BCUT2D eigenvalue weighted by Crippen LogP contribution is 2.38. The number of rotatable bonds is 8. The molecule has 0 saturated heterocycles. The summed E-state index contributed by atoms with van der Waals surface area (Å²) in [5.41, 5.74) is 2.95. The van der Waals surface area contributed by atoms with Gasteiger partial charge in [0, 0.05) is 11.3 Å². The van der Waals surface area contributed by atoms with Crippen molar-refractivity contribution >= 4 is 11.8 Å². The Morgan fingerprint density at radius 3 is 2.86 bits per heavy atom. The Morgan fingerprint density at radius 1 is 1.29 bits per heavy atom. The summed E-state index contributed by atoms with van der Waals surface area (Å²) < 4.78 is 5.42. The predicted octanol–water partition coefficient (Wildman–Crippen LogP) is 4.58. The lowest BCUT2D eigenvalue weighted by atomic mass is 9.87. The van der Waals surface area contributed by atoms with Crippen molar-refractivity contribution in [1.29, 1.82) is 0 Å². The summed E-state index contributed by atoms with van der Waals surface area (Å²) in [5.74, 6) is 2.27. The van der Waals surface area contributed by atoms with Gasteiger partial charge in [-0.05, 0) is 54.8 Å². The van der Waals surface area contributed by atoms with Crippen LogP contribution in [0.4, 0.5) is 0 Å². The van der Waals surface area contributed by atoms with Gasteiger partial charge < -0.3 is 10.1 Å². The third kappa shape index (κ3) is 4.40. The van der Waals surface area contributed by atoms with Crippen molar-refractivity contribution in [2.75, 3.05) is 19.4 Å². The molecule has 118 valence electrons. The molecule has 3 heteroatoms. The van der Waals surface area contributed by atoms with E-state index >= 15 is 0 Å². The van der Waals surface area contributed by atoms with Crippen LogP contribution in [0.2, 0.25) is 0 Å². The lowest BCUT2D eigenvalue weighted by Crippen LogP contribution is -2.34. The first-order chi connectivity index (χ1) is 10.3. The minimum Gasteiger partial charge on any atom is -0.497 e. The maximum absolute atomic E-state index is 5.42. The molecular formula is C18H29NOS. The van der Waals surface area contributed by atoms with E-state index in [9.17, 15) is 0 Å². The van der Waals surface area contributed by atoms with Crippen LogP contribution in [0.25, 0.3) is 0 Å². The first-order valence-electron chi connectivity index (χ1n) is 8.32. The van der Waals surface area contributed by atoms with E-state index in [1.54, 1.807) is 7.11 Å². The van der Waals surface area contributed by atoms with Gasteiger partial charge in [0.05, 0.1) is 7.11 Å². The van der Waals surface area contributed by atoms with Gasteiger partial charge in [0.15, 0.2) is 0 Å². The van der Waals surface area contributed by atoms with Gasteiger partial charge in [-0.1, -0.05) is 32.8 Å². The van der Waals surface area contributed by atoms with Crippen molar-refractivity contribution in [3.05, 3.63) is 29.3 Å². The number of benzene rings is 1. The van der Waals surface area contributed by atoms with Crippen molar-refractivity contribution in [2.45, 2.75) is 57.2 Å². The van der Waals surface area contributed by atoms with Crippen molar-refractivity contribution in [1.82, 2.24) is 5.32 Å². The maximum atomic E-state index is 5.42. The summed E-state index contributed by atoms with van der Waals surface area (Å²) in [4.78, 5) is 0. The number of ether oxygens (including phenoxy) is 1. The Balaban J connectivity index is 2.09. The summed E-state index contributed by atoms with van der Waals surface area (Å²) >= 11 is 2.16. The largest absolute Gasteiger partial charge is 0.497 e. The molecule has 0 saturated carbocycles. The fourth-order valence-corrected chi connectivity index (χ4v) is 4.50. The molecule has 0 aliphatic heterocycles. The van der Waals surface area contributed by atoms with Crippen LogP contribution in [0.1, 0.15) is 56.7 Å². The van der Waals surface area contributed by atoms with Crippen LogP contribution in [-0.4, -0.2) is 24.7 Å². The minimum atomic E-state index is 0.473. The molecule has 1 N–H and O–H groups in total. The second-order valence-electron chi connectivity index (χ2n) is 5.76. The number of thioether (sulfide) groups is 1. The lowest BCUT2D eigenvalue weighted by molar-refractivity contribution is 0.410. The van der Waals surface area contributed by atoms with E-state index in [4.69, 9.17) is 4.74 Å². The van der Waals surface area contributed by atoms with Gasteiger partial charge in [-0.15, -0.1) is 0 Å². The van der Waals surface area contributed by atoms with E-state index in [1.165, 1.54) is 49.0 Å². The fourth-order valence-electron chi connectivity index (χ4n) is 3.11. The molecule has 21 heavy (non-hydrogen) atoms. The lowest BCUT2D eigenvalue weighted by Gasteiger charge is -2.34. The van der Waals surface area contributed by atoms with Crippen molar-refractivity contribution < 1.29 is 4.74 Å². The van der Waals surface area contributed by atoms with Crippen LogP contribution < -0.4 is 10.1 Å². The molecule has 0 spiro atoms. The molecule has 0 aromatic heterocycles. The Morgan fingerprint density at radius 2 is 2.14 bits per heavy atom. The molecule has 1 aromatic carbocycles. The molecule has 0 amide bonds. The zero-order chi connectivity index (χ0) is 15.1. The number of aryl methyl sites for hydroxylation is 1. The molecule has 2 nitrogen and oxygen atoms in total. The van der Waals surface area contributed by atoms with E-state index in [1.807, 2.05) is 0 Å². The van der Waals surface area contributed by atoms with Gasteiger partial charge >= 0.3 is 0 Å². The third-order valence-electron chi connectivity index (χ3n) is 4.26. The Bertz CT molecular complexity index is 435. The average molecular weight is 308 g/mol. The summed E-state index contributed by atoms with van der Waals surface area (Å²) in [6, 6.07) is 7.05. The Labute approximate surface area is 134 Å². The normalized spacial score (nSPS) is 21.1. The monoisotopic (exact) mass is 307 g/mol. The number of hydrogen-bond donors (Lipinski definition) is 1. The summed E-state index contributed by atoms with van der Waals surface area (Å²) in [7, 11) is 1.75. The van der Waals surface area contributed by atoms with Gasteiger partial charge in [-0.3, -0.25) is 0 Å². The maximum Gasteiger partial charge on any atom is 0.119 e. The molecule has 2 atom stereocenters. The molecule has 0 bridgehead atoms. The average Bonchev–Trinajstić information content (AvgIpc) is 2.52. The van der Waals surface area contributed by atoms with Gasteiger partial charge in [0.25, 0.3) is 0 Å². The zero-order valence-corrected chi connectivity index (χ0v) is 14.5. The first-order valence-corrected chi connectivity index (χ1v) is 9.36. The quantitative estimate of drug-likeness (QED) is 0.710. The highest BCUT2D eigenvalue weighted by Gasteiger charge is 2.29. The van der Waals surface area contributed by atoms with Crippen molar-refractivity contribution in [3.63, 3.8) is 0 Å². The molecule has 1 aliphatic rings. The molecule has 1 aliphatic carbocycles. The van der Waals surface area contributed by atoms with Crippen LogP contribution >= 0.6 is 11.8 Å². The number of fused-ring (bicyclic) bond motifs is 1. The van der Waals surface area contributed by atoms with E-state index in [0.717, 1.165) is 12.3 Å². The third-order valence-corrected chi connectivity index (χ3v) is 5.72. The van der Waals surface area contributed by atoms with E-state index in [2.05, 4.69) is 49.1 Å². The predicted molar refractivity (Wildman–Crippen MR) is 93.5 cm³/mol. The first kappa shape index (κ1) is 16.7. The molecule has 1 aromatic rings. The summed E-state index contributed by atoms with van der Waals surface area (Å²) in [6.45, 7) is 5.50. The summed E-state index contributed by atoms with van der Waals surface area (Å²) in [5, 5.41) is 4.40. The number of hydrogen-bond acceptors (Lipinski definition) is 3. The molecule has 2 unspecified atom stereocenters. The van der Waals surface area contributed by atoms with E-state index in [-0.39, 0.29) is 0 Å². The van der Waals surface area contributed by atoms with Gasteiger partial charge in [-0.25, -0.2) is 0 Å². The fraction of sp³-hybridized carbons (Fsp3) is 0.667. The van der Waals surface area contributed by atoms with Crippen LogP contribution in [-0.2, 0) is 6.42 Å². The van der Waals surface area contributed by atoms with Gasteiger partial charge in [0.1, 0.15) is 5.75 Å². The van der Waals surface area contributed by atoms with Crippen LogP contribution in [0, 0.1) is 0 Å². The van der Waals surface area contributed by atoms with E-state index in [0.29, 0.717) is 11.3 Å². The molecular weight excluding hydrogens is 278 g/mol. The topological polar surface area (TPSA) is 21.3 Å². The molecule has 0 fully saturated rings. The number of methoxy groups -OCH3 is 1. The zero-order valence-electron chi connectivity index (χ0n) is 13.7. The highest BCUT2D eigenvalue weighted by molar-refractivity contribution is 7.99. The standard InChI is InChI=1S/C18H29NOS/c1-4-6-7-12-21-17-11-9-14-8-10-15(20-3)13-16(14)18(17)19-5-2/h8,10,13,17-19H,4-7,9,11-12H2,1-3H3. The van der Waals surface area contributed by atoms with Crippen LogP contribution in [0.5, 0.6) is 5.75 Å².